The molecule has 5 amide bonds. The molecular weight excluding hydrogens is 809 g/mol. The molecule has 6 aliphatic rings. The van der Waals surface area contributed by atoms with Gasteiger partial charge in [-0.3, -0.25) is 49.0 Å². The summed E-state index contributed by atoms with van der Waals surface area (Å²) < 4.78 is 0. The molecule has 8 heterocycles. The van der Waals surface area contributed by atoms with Crippen molar-refractivity contribution in [3.05, 3.63) is 125 Å². The van der Waals surface area contributed by atoms with E-state index < -0.39 is 23.8 Å². The Morgan fingerprint density at radius 2 is 1.64 bits per heavy atom. The molecule has 0 aliphatic carbocycles. The molecule has 0 spiro atoms. The number of carbonyl (C=O) groups is 5. The van der Waals surface area contributed by atoms with Crippen molar-refractivity contribution in [2.75, 3.05) is 48.3 Å². The third-order valence-electron chi connectivity index (χ3n) is 13.6. The Bertz CT molecular complexity index is 2630. The molecule has 3 N–H and O–H groups in total. The molecule has 15 heteroatoms. The maximum Gasteiger partial charge on any atom is 0.262 e. The van der Waals surface area contributed by atoms with Gasteiger partial charge in [0, 0.05) is 91.5 Å². The standard InChI is InChI=1S/C49H50N10O5/c1-30-4-9-35(23-42(30)54-49-51-20-16-41(53-49)34-3-2-19-50-25-34)52-45(61)33-7-5-31(6-8-33)26-56-21-17-32(18-22-56)27-57-28-38-11-10-37(57)29-58(38)36-12-13-39-40(24-36)48(64)59(47(39)63)43-14-15-44(60)55-46(43)62/h2-9,12-13,16,19-20,23-25,32,37-38,43H,10-11,14-15,17-18,21-22,26-29H2,1H3,(H,52,61)(H,51,53,54)(H,55,60,62). The van der Waals surface area contributed by atoms with Crippen LogP contribution in [0.1, 0.15) is 80.7 Å². The van der Waals surface area contributed by atoms with Gasteiger partial charge in [0.1, 0.15) is 6.04 Å². The number of amides is 5. The van der Waals surface area contributed by atoms with Crippen LogP contribution in [0.4, 0.5) is 23.0 Å². The average Bonchev–Trinajstić information content (AvgIpc) is 3.56. The highest BCUT2D eigenvalue weighted by atomic mass is 16.2. The number of hydrogen-bond acceptors (Lipinski definition) is 12. The lowest BCUT2D eigenvalue weighted by Crippen LogP contribution is -2.63. The van der Waals surface area contributed by atoms with Crippen LogP contribution in [-0.4, -0.2) is 110 Å². The lowest BCUT2D eigenvalue weighted by molar-refractivity contribution is -0.136. The summed E-state index contributed by atoms with van der Waals surface area (Å²) in [6, 6.07) is 24.5. The van der Waals surface area contributed by atoms with Crippen molar-refractivity contribution in [2.45, 2.75) is 70.1 Å². The fourth-order valence-electron chi connectivity index (χ4n) is 10.0. The average molecular weight is 859 g/mol. The number of nitrogens with zero attached hydrogens (tertiary/aromatic N) is 7. The molecule has 3 atom stereocenters. The SMILES string of the molecule is Cc1ccc(NC(=O)c2ccc(CN3CCC(CN4CC5CCC4CN5c4ccc5c(c4)C(=O)N(C4CCC(=O)NC4=O)C5=O)CC3)cc2)cc1Nc1nccc(-c2cccnc2)n1. The number of fused-ring (bicyclic) bond motifs is 4. The second kappa shape index (κ2) is 17.4. The van der Waals surface area contributed by atoms with Gasteiger partial charge in [0.15, 0.2) is 0 Å². The van der Waals surface area contributed by atoms with E-state index >= 15 is 0 Å². The van der Waals surface area contributed by atoms with Crippen LogP contribution in [0.25, 0.3) is 11.3 Å². The number of rotatable bonds is 11. The quantitative estimate of drug-likeness (QED) is 0.136. The molecule has 6 aliphatic heterocycles. The van der Waals surface area contributed by atoms with Crippen molar-refractivity contribution >= 4 is 52.5 Å². The lowest BCUT2D eigenvalue weighted by Gasteiger charge is -2.53. The summed E-state index contributed by atoms with van der Waals surface area (Å²) in [5, 5.41) is 8.61. The Labute approximate surface area is 371 Å². The molecule has 0 radical (unpaired) electrons. The number of aromatic nitrogens is 3. The van der Waals surface area contributed by atoms with Crippen LogP contribution in [0.3, 0.4) is 0 Å². The van der Waals surface area contributed by atoms with Gasteiger partial charge in [0.05, 0.1) is 16.8 Å². The Morgan fingerprint density at radius 3 is 2.41 bits per heavy atom. The molecule has 64 heavy (non-hydrogen) atoms. The maximum absolute atomic E-state index is 13.5. The molecule has 5 fully saturated rings. The third-order valence-corrected chi connectivity index (χ3v) is 13.6. The number of likely N-dealkylation sites (tertiary alicyclic amines) is 1. The number of piperazine rings is 1. The zero-order valence-corrected chi connectivity index (χ0v) is 35.7. The van der Waals surface area contributed by atoms with Gasteiger partial charge in [-0.05, 0) is 130 Å². The van der Waals surface area contributed by atoms with Gasteiger partial charge < -0.3 is 15.5 Å². The summed E-state index contributed by atoms with van der Waals surface area (Å²) in [6.07, 6.45) is 9.93. The van der Waals surface area contributed by atoms with E-state index in [-0.39, 0.29) is 24.7 Å². The first kappa shape index (κ1) is 41.2. The number of pyridine rings is 1. The third kappa shape index (κ3) is 8.36. The minimum atomic E-state index is -0.970. The van der Waals surface area contributed by atoms with Crippen molar-refractivity contribution in [3.63, 3.8) is 0 Å². The number of imide groups is 2. The lowest BCUT2D eigenvalue weighted by atomic mass is 9.87. The maximum atomic E-state index is 13.5. The van der Waals surface area contributed by atoms with E-state index in [4.69, 9.17) is 0 Å². The molecule has 15 nitrogen and oxygen atoms in total. The van der Waals surface area contributed by atoms with E-state index in [0.29, 0.717) is 46.3 Å². The number of piperidine rings is 4. The first-order valence-electron chi connectivity index (χ1n) is 22.2. The fourth-order valence-corrected chi connectivity index (χ4v) is 10.0. The summed E-state index contributed by atoms with van der Waals surface area (Å²) in [7, 11) is 0. The van der Waals surface area contributed by atoms with Crippen molar-refractivity contribution < 1.29 is 24.0 Å². The number of anilines is 4. The van der Waals surface area contributed by atoms with E-state index in [1.807, 2.05) is 67.6 Å². The summed E-state index contributed by atoms with van der Waals surface area (Å²) in [5.41, 5.74) is 7.46. The van der Waals surface area contributed by atoms with Crippen molar-refractivity contribution in [2.24, 2.45) is 5.92 Å². The second-order valence-electron chi connectivity index (χ2n) is 17.7. The normalized spacial score (nSPS) is 21.5. The highest BCUT2D eigenvalue weighted by molar-refractivity contribution is 6.23. The van der Waals surface area contributed by atoms with E-state index in [9.17, 15) is 24.0 Å². The predicted molar refractivity (Wildman–Crippen MR) is 241 cm³/mol. The zero-order chi connectivity index (χ0) is 43.9. The summed E-state index contributed by atoms with van der Waals surface area (Å²) in [6.45, 7) is 7.81. The smallest absolute Gasteiger partial charge is 0.262 e. The van der Waals surface area contributed by atoms with Crippen LogP contribution >= 0.6 is 0 Å². The van der Waals surface area contributed by atoms with Gasteiger partial charge in [-0.25, -0.2) is 9.97 Å². The molecule has 0 saturated carbocycles. The second-order valence-corrected chi connectivity index (χ2v) is 17.7. The molecule has 326 valence electrons. The van der Waals surface area contributed by atoms with Gasteiger partial charge in [0.25, 0.3) is 17.7 Å². The van der Waals surface area contributed by atoms with E-state index in [0.717, 1.165) is 98.0 Å². The Hall–Kier alpha value is -6.84. The van der Waals surface area contributed by atoms with Crippen LogP contribution in [-0.2, 0) is 16.1 Å². The number of aryl methyl sites for hydroxylation is 1. The van der Waals surface area contributed by atoms with Crippen LogP contribution in [0, 0.1) is 12.8 Å². The van der Waals surface area contributed by atoms with E-state index in [1.165, 1.54) is 5.56 Å². The van der Waals surface area contributed by atoms with Crippen molar-refractivity contribution in [1.29, 1.82) is 0 Å². The van der Waals surface area contributed by atoms with Gasteiger partial charge >= 0.3 is 0 Å². The van der Waals surface area contributed by atoms with Crippen LogP contribution in [0.2, 0.25) is 0 Å². The summed E-state index contributed by atoms with van der Waals surface area (Å²) in [4.78, 5) is 86.2. The van der Waals surface area contributed by atoms with Gasteiger partial charge in [-0.1, -0.05) is 18.2 Å². The molecule has 5 saturated heterocycles. The number of nitrogens with one attached hydrogen (secondary N) is 3. The Balaban J connectivity index is 0.691. The van der Waals surface area contributed by atoms with Crippen LogP contribution in [0.5, 0.6) is 0 Å². The molecule has 2 bridgehead atoms. The number of hydrogen-bond donors (Lipinski definition) is 3. The van der Waals surface area contributed by atoms with Gasteiger partial charge in [0.2, 0.25) is 17.8 Å². The summed E-state index contributed by atoms with van der Waals surface area (Å²) >= 11 is 0. The molecule has 2 aromatic heterocycles. The molecule has 5 aromatic rings. The molecule has 11 rings (SSSR count). The summed E-state index contributed by atoms with van der Waals surface area (Å²) in [5.74, 6) is -1.03. The molecular formula is C49H50N10O5. The number of benzene rings is 3. The van der Waals surface area contributed by atoms with E-state index in [2.05, 4.69) is 57.7 Å². The monoisotopic (exact) mass is 858 g/mol. The van der Waals surface area contributed by atoms with Crippen LogP contribution < -0.4 is 20.9 Å². The van der Waals surface area contributed by atoms with Crippen LogP contribution in [0.15, 0.2) is 97.5 Å². The van der Waals surface area contributed by atoms with E-state index in [1.54, 1.807) is 24.7 Å². The molecule has 3 aromatic carbocycles. The predicted octanol–water partition coefficient (Wildman–Crippen LogP) is 5.81. The largest absolute Gasteiger partial charge is 0.366 e. The zero-order valence-electron chi connectivity index (χ0n) is 35.7. The first-order valence-corrected chi connectivity index (χ1v) is 22.2. The van der Waals surface area contributed by atoms with Gasteiger partial charge in [-0.2, -0.15) is 0 Å². The first-order chi connectivity index (χ1) is 31.1. The van der Waals surface area contributed by atoms with Gasteiger partial charge in [-0.15, -0.1) is 0 Å². The highest BCUT2D eigenvalue weighted by Gasteiger charge is 2.46. The minimum Gasteiger partial charge on any atom is -0.366 e. The highest BCUT2D eigenvalue weighted by Crippen LogP contribution is 2.37. The van der Waals surface area contributed by atoms with Crippen molar-refractivity contribution in [1.82, 2.24) is 35.0 Å². The number of carbonyl (C=O) groups excluding carboxylic acids is 5. The minimum absolute atomic E-state index is 0.0967. The Kier molecular flexibility index (Phi) is 11.2. The Morgan fingerprint density at radius 1 is 0.828 bits per heavy atom. The molecule has 3 unspecified atom stereocenters. The van der Waals surface area contributed by atoms with Crippen molar-refractivity contribution in [3.8, 4) is 11.3 Å². The topological polar surface area (TPSA) is 173 Å². The fraction of sp³-hybridized carbons (Fsp3) is 0.347.